The number of anilines is 1. The quantitative estimate of drug-likeness (QED) is 0.920. The van der Waals surface area contributed by atoms with Gasteiger partial charge in [0.15, 0.2) is 0 Å². The zero-order valence-corrected chi connectivity index (χ0v) is 14.3. The van der Waals surface area contributed by atoms with Crippen LogP contribution in [-0.2, 0) is 10.0 Å². The Hall–Kier alpha value is -2.60. The summed E-state index contributed by atoms with van der Waals surface area (Å²) in [6.07, 6.45) is 0. The fourth-order valence-electron chi connectivity index (χ4n) is 2.54. The Morgan fingerprint density at radius 3 is 2.33 bits per heavy atom. The van der Waals surface area contributed by atoms with Crippen LogP contribution < -0.4 is 10.1 Å². The van der Waals surface area contributed by atoms with Gasteiger partial charge in [0, 0.05) is 11.3 Å². The van der Waals surface area contributed by atoms with E-state index in [0.717, 1.165) is 11.4 Å². The van der Waals surface area contributed by atoms with Crippen LogP contribution in [0.1, 0.15) is 19.4 Å². The summed E-state index contributed by atoms with van der Waals surface area (Å²) in [6.45, 7) is 4.27. The number of hydrogen-bond donors (Lipinski definition) is 1. The highest BCUT2D eigenvalue weighted by atomic mass is 32.2. The zero-order valence-electron chi connectivity index (χ0n) is 13.5. The van der Waals surface area contributed by atoms with Gasteiger partial charge >= 0.3 is 0 Å². The van der Waals surface area contributed by atoms with E-state index in [9.17, 15) is 8.42 Å². The van der Waals surface area contributed by atoms with Crippen LogP contribution in [0.3, 0.4) is 0 Å². The number of sulfonamides is 1. The highest BCUT2D eigenvalue weighted by Gasteiger charge is 2.30. The fraction of sp³-hybridized carbons (Fsp3) is 0.167. The van der Waals surface area contributed by atoms with Crippen LogP contribution >= 0.6 is 0 Å². The van der Waals surface area contributed by atoms with Crippen molar-refractivity contribution in [3.8, 4) is 5.75 Å². The molecule has 0 aliphatic carbocycles. The van der Waals surface area contributed by atoms with Gasteiger partial charge in [-0.05, 0) is 43.7 Å². The second-order valence-electron chi connectivity index (χ2n) is 5.32. The summed E-state index contributed by atoms with van der Waals surface area (Å²) in [6, 6.07) is 16.3. The van der Waals surface area contributed by atoms with Gasteiger partial charge in [-0.25, -0.2) is 0 Å². The molecule has 0 atom stereocenters. The van der Waals surface area contributed by atoms with E-state index in [-0.39, 0.29) is 4.91 Å². The first-order valence-electron chi connectivity index (χ1n) is 7.63. The van der Waals surface area contributed by atoms with Crippen LogP contribution in [0.25, 0.3) is 4.91 Å². The third kappa shape index (κ3) is 3.19. The lowest BCUT2D eigenvalue weighted by Gasteiger charge is -2.08. The molecule has 1 N–H and O–H groups in total. The lowest BCUT2D eigenvalue weighted by molar-refractivity contribution is 0.340. The van der Waals surface area contributed by atoms with Crippen molar-refractivity contribution < 1.29 is 13.2 Å². The average molecular weight is 342 g/mol. The Morgan fingerprint density at radius 2 is 1.71 bits per heavy atom. The Balaban J connectivity index is 1.90. The Labute approximate surface area is 141 Å². The molecule has 3 rings (SSSR count). The topological polar surface area (TPSA) is 67.8 Å². The summed E-state index contributed by atoms with van der Waals surface area (Å²) >= 11 is 0. The van der Waals surface area contributed by atoms with Crippen molar-refractivity contribution in [3.63, 3.8) is 0 Å². The number of ether oxygens (including phenoxy) is 1. The molecule has 0 radical (unpaired) electrons. The number of amidine groups is 1. The smallest absolute Gasteiger partial charge is 0.285 e. The van der Waals surface area contributed by atoms with E-state index in [0.29, 0.717) is 23.6 Å². The lowest BCUT2D eigenvalue weighted by Crippen LogP contribution is -2.11. The molecular weight excluding hydrogens is 324 g/mol. The number of benzene rings is 2. The van der Waals surface area contributed by atoms with Gasteiger partial charge in [0.1, 0.15) is 16.5 Å². The summed E-state index contributed by atoms with van der Waals surface area (Å²) < 4.78 is 34.1. The summed E-state index contributed by atoms with van der Waals surface area (Å²) in [4.78, 5) is 0.247. The van der Waals surface area contributed by atoms with E-state index in [1.165, 1.54) is 0 Å². The van der Waals surface area contributed by atoms with Gasteiger partial charge in [0.2, 0.25) is 0 Å². The maximum Gasteiger partial charge on any atom is 0.285 e. The zero-order chi connectivity index (χ0) is 17.2. The minimum Gasteiger partial charge on any atom is -0.494 e. The number of hydrogen-bond acceptors (Lipinski definition) is 4. The molecule has 0 saturated carbocycles. The first kappa shape index (κ1) is 16.3. The Kier molecular flexibility index (Phi) is 4.40. The highest BCUT2D eigenvalue weighted by molar-refractivity contribution is 8.00. The standard InChI is InChI=1S/C18H18N2O3S/c1-3-23-16-11-9-15(10-12-16)19-18-13(2)17(24(21,22)20-18)14-7-5-4-6-8-14/h4-12H,3H2,1-2H3,(H,19,20). The Morgan fingerprint density at radius 1 is 1.04 bits per heavy atom. The first-order valence-corrected chi connectivity index (χ1v) is 9.07. The molecule has 24 heavy (non-hydrogen) atoms. The van der Waals surface area contributed by atoms with Crippen molar-refractivity contribution in [1.29, 1.82) is 0 Å². The van der Waals surface area contributed by atoms with Crippen LogP contribution in [0.2, 0.25) is 0 Å². The SMILES string of the molecule is CCOc1ccc(NC2=NS(=O)(=O)C(c3ccccc3)=C2C)cc1. The molecule has 1 heterocycles. The Bertz CT molecular complexity index is 899. The molecule has 5 nitrogen and oxygen atoms in total. The maximum atomic E-state index is 12.4. The van der Waals surface area contributed by atoms with E-state index in [1.54, 1.807) is 19.1 Å². The van der Waals surface area contributed by atoms with Crippen molar-refractivity contribution in [2.24, 2.45) is 4.40 Å². The molecule has 0 aromatic heterocycles. The highest BCUT2D eigenvalue weighted by Crippen LogP contribution is 2.32. The molecule has 0 spiro atoms. The summed E-state index contributed by atoms with van der Waals surface area (Å²) in [7, 11) is -3.69. The average Bonchev–Trinajstić information content (AvgIpc) is 2.79. The predicted octanol–water partition coefficient (Wildman–Crippen LogP) is 3.67. The van der Waals surface area contributed by atoms with E-state index < -0.39 is 10.0 Å². The van der Waals surface area contributed by atoms with Gasteiger partial charge in [0.25, 0.3) is 10.0 Å². The van der Waals surface area contributed by atoms with Gasteiger partial charge in [-0.3, -0.25) is 0 Å². The fourth-order valence-corrected chi connectivity index (χ4v) is 3.98. The van der Waals surface area contributed by atoms with E-state index in [1.807, 2.05) is 49.4 Å². The molecule has 1 aliphatic heterocycles. The first-order chi connectivity index (χ1) is 11.5. The van der Waals surface area contributed by atoms with Gasteiger partial charge in [0.05, 0.1) is 6.61 Å². The molecule has 1 aliphatic rings. The molecule has 0 fully saturated rings. The van der Waals surface area contributed by atoms with Crippen molar-refractivity contribution in [1.82, 2.24) is 0 Å². The van der Waals surface area contributed by atoms with Gasteiger partial charge in [-0.2, -0.15) is 8.42 Å². The van der Waals surface area contributed by atoms with E-state index >= 15 is 0 Å². The van der Waals surface area contributed by atoms with Crippen LogP contribution in [0, 0.1) is 0 Å². The second-order valence-corrected chi connectivity index (χ2v) is 6.86. The van der Waals surface area contributed by atoms with Crippen molar-refractivity contribution in [2.75, 3.05) is 11.9 Å². The van der Waals surface area contributed by atoms with Crippen molar-refractivity contribution in [3.05, 3.63) is 65.7 Å². The number of nitrogens with one attached hydrogen (secondary N) is 1. The van der Waals surface area contributed by atoms with Crippen LogP contribution in [0.15, 0.2) is 64.6 Å². The number of nitrogens with zero attached hydrogens (tertiary/aromatic N) is 1. The second kappa shape index (κ2) is 6.49. The van der Waals surface area contributed by atoms with Crippen LogP contribution in [-0.4, -0.2) is 20.9 Å². The molecule has 0 unspecified atom stereocenters. The molecule has 0 saturated heterocycles. The maximum absolute atomic E-state index is 12.4. The summed E-state index contributed by atoms with van der Waals surface area (Å²) in [5.74, 6) is 1.11. The third-order valence-electron chi connectivity index (χ3n) is 3.63. The largest absolute Gasteiger partial charge is 0.494 e. The van der Waals surface area contributed by atoms with E-state index in [2.05, 4.69) is 9.71 Å². The normalized spacial score (nSPS) is 16.0. The predicted molar refractivity (Wildman–Crippen MR) is 96.6 cm³/mol. The van der Waals surface area contributed by atoms with E-state index in [4.69, 9.17) is 4.74 Å². The molecule has 124 valence electrons. The molecule has 0 bridgehead atoms. The molecule has 2 aromatic rings. The summed E-state index contributed by atoms with van der Waals surface area (Å²) in [5, 5.41) is 3.07. The molecule has 6 heteroatoms. The molecule has 0 amide bonds. The number of rotatable bonds is 4. The van der Waals surface area contributed by atoms with Crippen LogP contribution in [0.4, 0.5) is 5.69 Å². The minimum atomic E-state index is -3.69. The van der Waals surface area contributed by atoms with Gasteiger partial charge in [-0.1, -0.05) is 30.3 Å². The monoisotopic (exact) mass is 342 g/mol. The molecule has 2 aromatic carbocycles. The van der Waals surface area contributed by atoms with Crippen molar-refractivity contribution in [2.45, 2.75) is 13.8 Å². The van der Waals surface area contributed by atoms with Crippen LogP contribution in [0.5, 0.6) is 5.75 Å². The van der Waals surface area contributed by atoms with Gasteiger partial charge < -0.3 is 10.1 Å². The third-order valence-corrected chi connectivity index (χ3v) is 5.11. The molecular formula is C18H18N2O3S. The summed E-state index contributed by atoms with van der Waals surface area (Å²) in [5.41, 5.74) is 2.00. The van der Waals surface area contributed by atoms with Gasteiger partial charge in [-0.15, -0.1) is 4.40 Å². The lowest BCUT2D eigenvalue weighted by atomic mass is 10.1. The van der Waals surface area contributed by atoms with Crippen molar-refractivity contribution >= 4 is 26.5 Å². The minimum absolute atomic E-state index is 0.247.